The minimum atomic E-state index is -1.57. The van der Waals surface area contributed by atoms with Crippen molar-refractivity contribution < 1.29 is 18.5 Å². The van der Waals surface area contributed by atoms with Gasteiger partial charge in [-0.15, -0.1) is 0 Å². The maximum absolute atomic E-state index is 13.7. The van der Waals surface area contributed by atoms with E-state index in [-0.39, 0.29) is 29.0 Å². The minimum Gasteiger partial charge on any atom is -0.309 e. The number of hydrogen-bond donors (Lipinski definition) is 2. The van der Waals surface area contributed by atoms with Gasteiger partial charge in [-0.25, -0.2) is 4.39 Å². The average molecular weight is 284 g/mol. The number of rotatable bonds is 4. The van der Waals surface area contributed by atoms with E-state index in [4.69, 9.17) is 0 Å². The second kappa shape index (κ2) is 5.19. The van der Waals surface area contributed by atoms with E-state index in [1.165, 1.54) is 0 Å². The van der Waals surface area contributed by atoms with Crippen LogP contribution in [0.2, 0.25) is 0 Å². The van der Waals surface area contributed by atoms with E-state index >= 15 is 0 Å². The Morgan fingerprint density at radius 3 is 2.80 bits per heavy atom. The summed E-state index contributed by atoms with van der Waals surface area (Å²) in [5.41, 5.74) is -1.35. The third kappa shape index (κ3) is 2.29. The molecular formula is C11H10F2N4O3. The van der Waals surface area contributed by atoms with Crippen molar-refractivity contribution in [2.75, 3.05) is 5.32 Å². The van der Waals surface area contributed by atoms with Crippen molar-refractivity contribution in [1.82, 2.24) is 10.2 Å². The van der Waals surface area contributed by atoms with Crippen LogP contribution in [0.25, 0.3) is 10.9 Å². The second-order valence-corrected chi connectivity index (χ2v) is 4.07. The summed E-state index contributed by atoms with van der Waals surface area (Å²) in [6.45, 7) is 1.79. The number of nitrogens with one attached hydrogen (secondary N) is 2. The lowest BCUT2D eigenvalue weighted by Gasteiger charge is -2.01. The number of amides is 1. The first-order valence-electron chi connectivity index (χ1n) is 5.76. The quantitative estimate of drug-likeness (QED) is 0.665. The molecule has 1 aromatic carbocycles. The summed E-state index contributed by atoms with van der Waals surface area (Å²) in [5, 5.41) is 18.8. The van der Waals surface area contributed by atoms with Crippen LogP contribution in [0.4, 0.5) is 20.3 Å². The molecule has 1 amide bonds. The third-order valence-electron chi connectivity index (χ3n) is 2.65. The first-order chi connectivity index (χ1) is 9.45. The molecule has 0 saturated heterocycles. The van der Waals surface area contributed by atoms with Gasteiger partial charge in [-0.1, -0.05) is 6.92 Å². The molecule has 2 N–H and O–H groups in total. The summed E-state index contributed by atoms with van der Waals surface area (Å²) in [6, 6.07) is 0.832. The number of benzene rings is 1. The van der Waals surface area contributed by atoms with Crippen molar-refractivity contribution in [2.24, 2.45) is 0 Å². The van der Waals surface area contributed by atoms with Gasteiger partial charge < -0.3 is 5.32 Å². The highest BCUT2D eigenvalue weighted by Gasteiger charge is 2.25. The summed E-state index contributed by atoms with van der Waals surface area (Å²) in [5.74, 6) is -3.41. The molecule has 0 atom stereocenters. The van der Waals surface area contributed by atoms with E-state index in [1.54, 1.807) is 6.92 Å². The van der Waals surface area contributed by atoms with Crippen LogP contribution >= 0.6 is 0 Å². The number of nitro benzene ring substituents is 1. The van der Waals surface area contributed by atoms with Crippen molar-refractivity contribution in [1.29, 1.82) is 0 Å². The number of hydrogen-bond acceptors (Lipinski definition) is 4. The monoisotopic (exact) mass is 284 g/mol. The maximum atomic E-state index is 13.7. The lowest BCUT2D eigenvalue weighted by atomic mass is 10.2. The molecule has 0 saturated carbocycles. The van der Waals surface area contributed by atoms with Gasteiger partial charge in [-0.05, 0) is 6.42 Å². The fourth-order valence-electron chi connectivity index (χ4n) is 1.73. The summed E-state index contributed by atoms with van der Waals surface area (Å²) in [4.78, 5) is 21.1. The summed E-state index contributed by atoms with van der Waals surface area (Å²) >= 11 is 0. The second-order valence-electron chi connectivity index (χ2n) is 4.07. The van der Waals surface area contributed by atoms with Gasteiger partial charge in [0, 0.05) is 12.5 Å². The molecule has 106 valence electrons. The van der Waals surface area contributed by atoms with Crippen LogP contribution in [-0.4, -0.2) is 21.0 Å². The molecule has 2 rings (SSSR count). The number of aromatic nitrogens is 2. The standard InChI is InChI=1S/C11H10F2N4O3/c1-2-3-7(18)14-11-5-4-6(17(19)20)8(12)9(13)10(5)15-16-11/h4H,2-3H2,1H3,(H2,14,15,16,18). The molecule has 1 heterocycles. The normalized spacial score (nSPS) is 10.8. The first kappa shape index (κ1) is 13.8. The predicted octanol–water partition coefficient (Wildman–Crippen LogP) is 2.49. The summed E-state index contributed by atoms with van der Waals surface area (Å²) in [6.07, 6.45) is 0.817. The lowest BCUT2D eigenvalue weighted by Crippen LogP contribution is -2.11. The zero-order valence-corrected chi connectivity index (χ0v) is 10.4. The molecule has 0 spiro atoms. The molecule has 0 fully saturated rings. The Morgan fingerprint density at radius 1 is 1.50 bits per heavy atom. The number of H-pyrrole nitrogens is 1. The Labute approximate surface area is 111 Å². The molecule has 0 aliphatic rings. The molecule has 0 aliphatic carbocycles. The van der Waals surface area contributed by atoms with E-state index in [2.05, 4.69) is 15.5 Å². The smallest absolute Gasteiger partial charge is 0.308 e. The van der Waals surface area contributed by atoms with Crippen molar-refractivity contribution >= 4 is 28.3 Å². The number of aromatic amines is 1. The highest BCUT2D eigenvalue weighted by atomic mass is 19.2. The number of carbonyl (C=O) groups is 1. The fourth-order valence-corrected chi connectivity index (χ4v) is 1.73. The van der Waals surface area contributed by atoms with E-state index < -0.39 is 22.2 Å². The van der Waals surface area contributed by atoms with Gasteiger partial charge in [0.15, 0.2) is 11.6 Å². The lowest BCUT2D eigenvalue weighted by molar-refractivity contribution is -0.387. The largest absolute Gasteiger partial charge is 0.309 e. The molecule has 0 unspecified atom stereocenters. The number of fused-ring (bicyclic) bond motifs is 1. The molecule has 1 aromatic heterocycles. The number of nitro groups is 1. The maximum Gasteiger partial charge on any atom is 0.308 e. The Bertz CT molecular complexity index is 699. The highest BCUT2D eigenvalue weighted by molar-refractivity contribution is 6.00. The topological polar surface area (TPSA) is 101 Å². The minimum absolute atomic E-state index is 0.0555. The van der Waals surface area contributed by atoms with E-state index in [9.17, 15) is 23.7 Å². The summed E-state index contributed by atoms with van der Waals surface area (Å²) in [7, 11) is 0. The molecule has 20 heavy (non-hydrogen) atoms. The SMILES string of the molecule is CCCC(=O)Nc1n[nH]c2c(F)c(F)c([N+](=O)[O-])cc12. The van der Waals surface area contributed by atoms with E-state index in [1.807, 2.05) is 0 Å². The highest BCUT2D eigenvalue weighted by Crippen LogP contribution is 2.31. The third-order valence-corrected chi connectivity index (χ3v) is 2.65. The molecule has 0 bridgehead atoms. The molecule has 0 aliphatic heterocycles. The van der Waals surface area contributed by atoms with Crippen LogP contribution in [0.5, 0.6) is 0 Å². The Balaban J connectivity index is 2.54. The van der Waals surface area contributed by atoms with Gasteiger partial charge in [-0.2, -0.15) is 9.49 Å². The Kier molecular flexibility index (Phi) is 3.59. The predicted molar refractivity (Wildman–Crippen MR) is 66.2 cm³/mol. The molecule has 9 heteroatoms. The van der Waals surface area contributed by atoms with Crippen molar-refractivity contribution in [3.05, 3.63) is 27.8 Å². The number of carbonyl (C=O) groups excluding carboxylic acids is 1. The van der Waals surface area contributed by atoms with Crippen molar-refractivity contribution in [3.63, 3.8) is 0 Å². The number of nitrogens with zero attached hydrogens (tertiary/aromatic N) is 2. The van der Waals surface area contributed by atoms with Crippen LogP contribution in [-0.2, 0) is 4.79 Å². The van der Waals surface area contributed by atoms with Crippen LogP contribution in [0.3, 0.4) is 0 Å². The molecule has 7 nitrogen and oxygen atoms in total. The molecule has 2 aromatic rings. The van der Waals surface area contributed by atoms with Gasteiger partial charge in [0.25, 0.3) is 0 Å². The average Bonchev–Trinajstić information content (AvgIpc) is 2.77. The first-order valence-corrected chi connectivity index (χ1v) is 5.76. The molecule has 0 radical (unpaired) electrons. The number of anilines is 1. The van der Waals surface area contributed by atoms with Crippen LogP contribution < -0.4 is 5.32 Å². The Morgan fingerprint density at radius 2 is 2.20 bits per heavy atom. The zero-order valence-electron chi connectivity index (χ0n) is 10.4. The summed E-state index contributed by atoms with van der Waals surface area (Å²) < 4.78 is 27.1. The van der Waals surface area contributed by atoms with Gasteiger partial charge in [-0.3, -0.25) is 20.0 Å². The van der Waals surface area contributed by atoms with E-state index in [0.717, 1.165) is 6.07 Å². The van der Waals surface area contributed by atoms with Crippen LogP contribution in [0.15, 0.2) is 6.07 Å². The van der Waals surface area contributed by atoms with Crippen molar-refractivity contribution in [3.8, 4) is 0 Å². The van der Waals surface area contributed by atoms with Crippen molar-refractivity contribution in [2.45, 2.75) is 19.8 Å². The Hall–Kier alpha value is -2.58. The zero-order chi connectivity index (χ0) is 14.9. The van der Waals surface area contributed by atoms with Crippen LogP contribution in [0, 0.1) is 21.7 Å². The fraction of sp³-hybridized carbons (Fsp3) is 0.273. The molecular weight excluding hydrogens is 274 g/mol. The van der Waals surface area contributed by atoms with E-state index in [0.29, 0.717) is 6.42 Å². The van der Waals surface area contributed by atoms with Crippen LogP contribution in [0.1, 0.15) is 19.8 Å². The van der Waals surface area contributed by atoms with Gasteiger partial charge >= 0.3 is 5.69 Å². The number of halogens is 2. The van der Waals surface area contributed by atoms with Gasteiger partial charge in [0.1, 0.15) is 5.52 Å². The van der Waals surface area contributed by atoms with Gasteiger partial charge in [0.05, 0.1) is 10.3 Å². The van der Waals surface area contributed by atoms with Gasteiger partial charge in [0.2, 0.25) is 11.7 Å².